The number of aryl methyl sites for hydroxylation is 1. The summed E-state index contributed by atoms with van der Waals surface area (Å²) in [5.41, 5.74) is 7.56. The molecule has 1 heterocycles. The monoisotopic (exact) mass is 247 g/mol. The van der Waals surface area contributed by atoms with Gasteiger partial charge in [0.1, 0.15) is 5.78 Å². The van der Waals surface area contributed by atoms with E-state index in [0.717, 1.165) is 38.0 Å². The molecule has 1 aromatic rings. The normalized spacial score (nSPS) is 19.0. The lowest BCUT2D eigenvalue weighted by atomic mass is 10.0. The number of hydrogen-bond acceptors (Lipinski definition) is 3. The Morgan fingerprint density at radius 2 is 2.06 bits per heavy atom. The predicted molar refractivity (Wildman–Crippen MR) is 72.4 cm³/mol. The molecule has 0 amide bonds. The molecular formula is C15H21NO2. The highest BCUT2D eigenvalue weighted by molar-refractivity contribution is 5.78. The standard InChI is InChI=1S/C15H21NO2/c16-13-6-3-12(4-7-13)5-8-14(17)9-10-15-2-1-11-18-15/h3-4,6-7,15H,1-2,5,8-11,16H2. The van der Waals surface area contributed by atoms with Gasteiger partial charge in [0.15, 0.2) is 0 Å². The smallest absolute Gasteiger partial charge is 0.133 e. The van der Waals surface area contributed by atoms with Crippen LogP contribution in [0.4, 0.5) is 5.69 Å². The number of ether oxygens (including phenoxy) is 1. The van der Waals surface area contributed by atoms with Crippen molar-refractivity contribution >= 4 is 11.5 Å². The lowest BCUT2D eigenvalue weighted by Crippen LogP contribution is -2.09. The second-order valence-electron chi connectivity index (χ2n) is 4.95. The summed E-state index contributed by atoms with van der Waals surface area (Å²) in [6.07, 6.45) is 5.56. The van der Waals surface area contributed by atoms with Gasteiger partial charge in [0.2, 0.25) is 0 Å². The number of benzene rings is 1. The molecule has 1 aliphatic rings. The van der Waals surface area contributed by atoms with E-state index < -0.39 is 0 Å². The van der Waals surface area contributed by atoms with Crippen molar-refractivity contribution in [1.29, 1.82) is 0 Å². The number of nitrogens with two attached hydrogens (primary N) is 1. The summed E-state index contributed by atoms with van der Waals surface area (Å²) in [5.74, 6) is 0.335. The van der Waals surface area contributed by atoms with Gasteiger partial charge in [0.25, 0.3) is 0 Å². The van der Waals surface area contributed by atoms with Crippen molar-refractivity contribution in [3.63, 3.8) is 0 Å². The van der Waals surface area contributed by atoms with E-state index in [1.807, 2.05) is 24.3 Å². The maximum atomic E-state index is 11.8. The molecule has 0 saturated carbocycles. The van der Waals surface area contributed by atoms with Gasteiger partial charge < -0.3 is 10.5 Å². The largest absolute Gasteiger partial charge is 0.399 e. The summed E-state index contributed by atoms with van der Waals surface area (Å²) < 4.78 is 5.51. The van der Waals surface area contributed by atoms with Crippen molar-refractivity contribution < 1.29 is 9.53 Å². The first-order valence-electron chi connectivity index (χ1n) is 6.72. The number of carbonyl (C=O) groups excluding carboxylic acids is 1. The first kappa shape index (κ1) is 13.1. The maximum absolute atomic E-state index is 11.8. The Kier molecular flexibility index (Phi) is 4.76. The molecule has 1 aliphatic heterocycles. The second-order valence-corrected chi connectivity index (χ2v) is 4.95. The zero-order valence-electron chi connectivity index (χ0n) is 10.7. The minimum atomic E-state index is 0.325. The molecule has 1 aromatic carbocycles. The van der Waals surface area contributed by atoms with Crippen molar-refractivity contribution in [3.8, 4) is 0 Å². The van der Waals surface area contributed by atoms with Crippen LogP contribution in [-0.2, 0) is 16.0 Å². The second kappa shape index (κ2) is 6.55. The average Bonchev–Trinajstić information content (AvgIpc) is 2.89. The van der Waals surface area contributed by atoms with E-state index in [2.05, 4.69) is 0 Å². The molecule has 18 heavy (non-hydrogen) atoms. The van der Waals surface area contributed by atoms with Crippen molar-refractivity contribution in [2.45, 2.75) is 44.6 Å². The molecule has 0 radical (unpaired) electrons. The predicted octanol–water partition coefficient (Wildman–Crippen LogP) is 2.73. The summed E-state index contributed by atoms with van der Waals surface area (Å²) in [6.45, 7) is 0.865. The average molecular weight is 247 g/mol. The van der Waals surface area contributed by atoms with E-state index in [9.17, 15) is 4.79 Å². The summed E-state index contributed by atoms with van der Waals surface area (Å²) in [4.78, 5) is 11.8. The lowest BCUT2D eigenvalue weighted by molar-refractivity contribution is -0.119. The molecule has 0 bridgehead atoms. The van der Waals surface area contributed by atoms with Crippen molar-refractivity contribution in [2.24, 2.45) is 0 Å². The van der Waals surface area contributed by atoms with Gasteiger partial charge in [-0.15, -0.1) is 0 Å². The van der Waals surface area contributed by atoms with Gasteiger partial charge in [0, 0.05) is 25.1 Å². The van der Waals surface area contributed by atoms with Crippen LogP contribution in [-0.4, -0.2) is 18.5 Å². The van der Waals surface area contributed by atoms with Crippen LogP contribution < -0.4 is 5.73 Å². The van der Waals surface area contributed by atoms with Crippen LogP contribution in [0.2, 0.25) is 0 Å². The number of ketones is 1. The van der Waals surface area contributed by atoms with Gasteiger partial charge in [0.05, 0.1) is 6.10 Å². The van der Waals surface area contributed by atoms with E-state index >= 15 is 0 Å². The molecule has 1 fully saturated rings. The summed E-state index contributed by atoms with van der Waals surface area (Å²) in [7, 11) is 0. The van der Waals surface area contributed by atoms with Crippen LogP contribution in [0.3, 0.4) is 0 Å². The third-order valence-electron chi connectivity index (χ3n) is 3.44. The Hall–Kier alpha value is -1.35. The number of anilines is 1. The molecule has 0 aromatic heterocycles. The number of carbonyl (C=O) groups is 1. The Balaban J connectivity index is 1.66. The van der Waals surface area contributed by atoms with E-state index in [-0.39, 0.29) is 0 Å². The molecule has 1 unspecified atom stereocenters. The number of rotatable bonds is 6. The van der Waals surface area contributed by atoms with Crippen LogP contribution in [0.1, 0.15) is 37.7 Å². The zero-order chi connectivity index (χ0) is 12.8. The van der Waals surface area contributed by atoms with Crippen molar-refractivity contribution in [3.05, 3.63) is 29.8 Å². The Bertz CT molecular complexity index is 380. The fourth-order valence-corrected chi connectivity index (χ4v) is 2.29. The van der Waals surface area contributed by atoms with Gasteiger partial charge in [-0.1, -0.05) is 12.1 Å². The van der Waals surface area contributed by atoms with Crippen LogP contribution in [0.25, 0.3) is 0 Å². The van der Waals surface area contributed by atoms with Crippen LogP contribution in [0.5, 0.6) is 0 Å². The van der Waals surface area contributed by atoms with Crippen LogP contribution in [0, 0.1) is 0 Å². The van der Waals surface area contributed by atoms with Gasteiger partial charge in [-0.05, 0) is 43.4 Å². The molecule has 1 saturated heterocycles. The van der Waals surface area contributed by atoms with E-state index in [4.69, 9.17) is 10.5 Å². The Labute approximate surface area is 108 Å². The van der Waals surface area contributed by atoms with E-state index in [1.54, 1.807) is 0 Å². The molecular weight excluding hydrogens is 226 g/mol. The minimum absolute atomic E-state index is 0.325. The van der Waals surface area contributed by atoms with Crippen molar-refractivity contribution in [2.75, 3.05) is 12.3 Å². The van der Waals surface area contributed by atoms with Gasteiger partial charge in [-0.3, -0.25) is 4.79 Å². The summed E-state index contributed by atoms with van der Waals surface area (Å²) >= 11 is 0. The topological polar surface area (TPSA) is 52.3 Å². The number of Topliss-reactive ketones (excluding diaryl/α,β-unsaturated/α-hetero) is 1. The highest BCUT2D eigenvalue weighted by Gasteiger charge is 2.16. The van der Waals surface area contributed by atoms with Crippen LogP contribution in [0.15, 0.2) is 24.3 Å². The SMILES string of the molecule is Nc1ccc(CCC(=O)CCC2CCCO2)cc1. The highest BCUT2D eigenvalue weighted by atomic mass is 16.5. The molecule has 0 spiro atoms. The Morgan fingerprint density at radius 3 is 2.72 bits per heavy atom. The van der Waals surface area contributed by atoms with Gasteiger partial charge in [-0.25, -0.2) is 0 Å². The maximum Gasteiger partial charge on any atom is 0.133 e. The molecule has 2 rings (SSSR count). The third-order valence-corrected chi connectivity index (χ3v) is 3.44. The zero-order valence-corrected chi connectivity index (χ0v) is 10.7. The fraction of sp³-hybridized carbons (Fsp3) is 0.533. The summed E-state index contributed by atoms with van der Waals surface area (Å²) in [6, 6.07) is 7.74. The molecule has 3 heteroatoms. The molecule has 1 atom stereocenters. The minimum Gasteiger partial charge on any atom is -0.399 e. The molecule has 3 nitrogen and oxygen atoms in total. The number of hydrogen-bond donors (Lipinski definition) is 1. The highest BCUT2D eigenvalue weighted by Crippen LogP contribution is 2.17. The van der Waals surface area contributed by atoms with Gasteiger partial charge in [-0.2, -0.15) is 0 Å². The lowest BCUT2D eigenvalue weighted by Gasteiger charge is -2.08. The summed E-state index contributed by atoms with van der Waals surface area (Å²) in [5, 5.41) is 0. The quantitative estimate of drug-likeness (QED) is 0.786. The van der Waals surface area contributed by atoms with E-state index in [1.165, 1.54) is 5.56 Å². The number of nitrogen functional groups attached to an aromatic ring is 1. The first-order chi connectivity index (χ1) is 8.74. The first-order valence-corrected chi connectivity index (χ1v) is 6.72. The molecule has 2 N–H and O–H groups in total. The fourth-order valence-electron chi connectivity index (χ4n) is 2.29. The Morgan fingerprint density at radius 1 is 1.28 bits per heavy atom. The van der Waals surface area contributed by atoms with Crippen molar-refractivity contribution in [1.82, 2.24) is 0 Å². The van der Waals surface area contributed by atoms with Gasteiger partial charge >= 0.3 is 0 Å². The molecule has 98 valence electrons. The van der Waals surface area contributed by atoms with E-state index in [0.29, 0.717) is 24.7 Å². The van der Waals surface area contributed by atoms with Crippen LogP contribution >= 0.6 is 0 Å². The third kappa shape index (κ3) is 4.15. The molecule has 0 aliphatic carbocycles.